The molecule has 1 unspecified atom stereocenters. The van der Waals surface area contributed by atoms with Crippen LogP contribution in [0.1, 0.15) is 29.7 Å². The summed E-state index contributed by atoms with van der Waals surface area (Å²) in [7, 11) is 1.70. The molecule has 2 aromatic carbocycles. The third-order valence-electron chi connectivity index (χ3n) is 3.59. The maximum absolute atomic E-state index is 5.36. The van der Waals surface area contributed by atoms with Crippen molar-refractivity contribution in [3.8, 4) is 5.75 Å². The Balaban J connectivity index is 2.27. The number of hydrogen-bond acceptors (Lipinski definition) is 2. The largest absolute Gasteiger partial charge is 0.497 e. The van der Waals surface area contributed by atoms with Crippen LogP contribution in [0.25, 0.3) is 0 Å². The van der Waals surface area contributed by atoms with E-state index in [1.165, 1.54) is 16.7 Å². The van der Waals surface area contributed by atoms with Gasteiger partial charge in [0.15, 0.2) is 0 Å². The smallest absolute Gasteiger partial charge is 0.119 e. The van der Waals surface area contributed by atoms with Gasteiger partial charge < -0.3 is 10.1 Å². The zero-order valence-electron chi connectivity index (χ0n) is 12.8. The molecule has 3 heteroatoms. The molecule has 1 atom stereocenters. The van der Waals surface area contributed by atoms with Gasteiger partial charge in [0, 0.05) is 10.5 Å². The highest BCUT2D eigenvalue weighted by atomic mass is 79.9. The Morgan fingerprint density at radius 2 is 1.86 bits per heavy atom. The predicted molar refractivity (Wildman–Crippen MR) is 92.0 cm³/mol. The molecule has 21 heavy (non-hydrogen) atoms. The van der Waals surface area contributed by atoms with E-state index >= 15 is 0 Å². The summed E-state index contributed by atoms with van der Waals surface area (Å²) in [6.45, 7) is 5.18. The average molecular weight is 348 g/mol. The highest BCUT2D eigenvalue weighted by molar-refractivity contribution is 9.10. The van der Waals surface area contributed by atoms with Crippen LogP contribution in [0.2, 0.25) is 0 Å². The van der Waals surface area contributed by atoms with Crippen molar-refractivity contribution in [3.63, 3.8) is 0 Å². The standard InChI is InChI=1S/C18H22BrNO/c1-4-20-18(11-14-7-5-13(2)6-8-14)16-12-15(21-3)9-10-17(16)19/h5-10,12,18,20H,4,11H2,1-3H3. The van der Waals surface area contributed by atoms with Gasteiger partial charge in [-0.2, -0.15) is 0 Å². The molecule has 0 amide bonds. The maximum atomic E-state index is 5.36. The number of rotatable bonds is 6. The lowest BCUT2D eigenvalue weighted by atomic mass is 9.98. The number of methoxy groups -OCH3 is 1. The normalized spacial score (nSPS) is 12.2. The van der Waals surface area contributed by atoms with Crippen molar-refractivity contribution in [2.24, 2.45) is 0 Å². The number of likely N-dealkylation sites (N-methyl/N-ethyl adjacent to an activating group) is 1. The van der Waals surface area contributed by atoms with E-state index in [-0.39, 0.29) is 6.04 Å². The summed E-state index contributed by atoms with van der Waals surface area (Å²) in [5.41, 5.74) is 3.86. The van der Waals surface area contributed by atoms with Crippen molar-refractivity contribution >= 4 is 15.9 Å². The number of nitrogens with one attached hydrogen (secondary N) is 1. The van der Waals surface area contributed by atoms with Crippen molar-refractivity contribution in [1.29, 1.82) is 0 Å². The van der Waals surface area contributed by atoms with Crippen LogP contribution in [0.4, 0.5) is 0 Å². The minimum absolute atomic E-state index is 0.266. The molecule has 0 bridgehead atoms. The van der Waals surface area contributed by atoms with Crippen molar-refractivity contribution in [1.82, 2.24) is 5.32 Å². The first kappa shape index (κ1) is 16.1. The minimum Gasteiger partial charge on any atom is -0.497 e. The summed E-state index contributed by atoms with van der Waals surface area (Å²) >= 11 is 3.66. The summed E-state index contributed by atoms with van der Waals surface area (Å²) in [6.07, 6.45) is 0.958. The second-order valence-electron chi connectivity index (χ2n) is 5.19. The lowest BCUT2D eigenvalue weighted by molar-refractivity contribution is 0.412. The molecule has 0 spiro atoms. The summed E-state index contributed by atoms with van der Waals surface area (Å²) in [6, 6.07) is 15.1. The molecule has 2 rings (SSSR count). The zero-order chi connectivity index (χ0) is 15.2. The summed E-state index contributed by atoms with van der Waals surface area (Å²) < 4.78 is 6.47. The van der Waals surface area contributed by atoms with E-state index in [2.05, 4.69) is 65.4 Å². The van der Waals surface area contributed by atoms with Crippen molar-refractivity contribution in [3.05, 3.63) is 63.6 Å². The Bertz CT molecular complexity index is 580. The van der Waals surface area contributed by atoms with Crippen LogP contribution in [0.15, 0.2) is 46.9 Å². The van der Waals surface area contributed by atoms with Gasteiger partial charge in [-0.15, -0.1) is 0 Å². The van der Waals surface area contributed by atoms with Gasteiger partial charge in [-0.1, -0.05) is 52.7 Å². The van der Waals surface area contributed by atoms with Gasteiger partial charge in [0.05, 0.1) is 7.11 Å². The van der Waals surface area contributed by atoms with Gasteiger partial charge in [-0.05, 0) is 49.2 Å². The molecular formula is C18H22BrNO. The molecule has 0 saturated heterocycles. The molecule has 112 valence electrons. The van der Waals surface area contributed by atoms with E-state index in [0.29, 0.717) is 0 Å². The topological polar surface area (TPSA) is 21.3 Å². The first-order valence-corrected chi connectivity index (χ1v) is 8.05. The highest BCUT2D eigenvalue weighted by Crippen LogP contribution is 2.30. The van der Waals surface area contributed by atoms with Gasteiger partial charge >= 0.3 is 0 Å². The van der Waals surface area contributed by atoms with Crippen LogP contribution in [0.3, 0.4) is 0 Å². The Morgan fingerprint density at radius 1 is 1.14 bits per heavy atom. The first-order chi connectivity index (χ1) is 10.1. The fourth-order valence-corrected chi connectivity index (χ4v) is 2.94. The van der Waals surface area contributed by atoms with E-state index in [1.807, 2.05) is 12.1 Å². The minimum atomic E-state index is 0.266. The summed E-state index contributed by atoms with van der Waals surface area (Å²) in [5.74, 6) is 0.889. The molecule has 0 saturated carbocycles. The number of aryl methyl sites for hydroxylation is 1. The molecule has 0 aromatic heterocycles. The van der Waals surface area contributed by atoms with Crippen LogP contribution >= 0.6 is 15.9 Å². The number of hydrogen-bond donors (Lipinski definition) is 1. The second-order valence-corrected chi connectivity index (χ2v) is 6.04. The molecule has 2 aromatic rings. The summed E-state index contributed by atoms with van der Waals surface area (Å²) in [5, 5.41) is 3.57. The number of ether oxygens (including phenoxy) is 1. The van der Waals surface area contributed by atoms with Gasteiger partial charge in [0.25, 0.3) is 0 Å². The number of benzene rings is 2. The van der Waals surface area contributed by atoms with Crippen molar-refractivity contribution in [2.75, 3.05) is 13.7 Å². The molecule has 0 aliphatic carbocycles. The van der Waals surface area contributed by atoms with E-state index in [9.17, 15) is 0 Å². The molecular weight excluding hydrogens is 326 g/mol. The summed E-state index contributed by atoms with van der Waals surface area (Å²) in [4.78, 5) is 0. The van der Waals surface area contributed by atoms with Crippen LogP contribution in [-0.2, 0) is 6.42 Å². The quantitative estimate of drug-likeness (QED) is 0.820. The number of halogens is 1. The first-order valence-electron chi connectivity index (χ1n) is 7.26. The maximum Gasteiger partial charge on any atom is 0.119 e. The Hall–Kier alpha value is -1.32. The van der Waals surface area contributed by atoms with E-state index in [0.717, 1.165) is 23.2 Å². The Labute approximate surface area is 135 Å². The van der Waals surface area contributed by atoms with Crippen LogP contribution in [-0.4, -0.2) is 13.7 Å². The predicted octanol–water partition coefficient (Wildman–Crippen LogP) is 4.66. The molecule has 0 fully saturated rings. The van der Waals surface area contributed by atoms with Crippen LogP contribution < -0.4 is 10.1 Å². The van der Waals surface area contributed by atoms with Gasteiger partial charge in [-0.3, -0.25) is 0 Å². The van der Waals surface area contributed by atoms with E-state index < -0.39 is 0 Å². The monoisotopic (exact) mass is 347 g/mol. The fourth-order valence-electron chi connectivity index (χ4n) is 2.41. The molecule has 2 nitrogen and oxygen atoms in total. The zero-order valence-corrected chi connectivity index (χ0v) is 14.4. The highest BCUT2D eigenvalue weighted by Gasteiger charge is 2.15. The lowest BCUT2D eigenvalue weighted by Gasteiger charge is -2.21. The molecule has 0 aliphatic rings. The van der Waals surface area contributed by atoms with Gasteiger partial charge in [-0.25, -0.2) is 0 Å². The van der Waals surface area contributed by atoms with Gasteiger partial charge in [0.2, 0.25) is 0 Å². The Kier molecular flexibility index (Phi) is 5.83. The lowest BCUT2D eigenvalue weighted by Crippen LogP contribution is -2.23. The molecule has 0 radical (unpaired) electrons. The van der Waals surface area contributed by atoms with Crippen molar-refractivity contribution < 1.29 is 4.74 Å². The molecule has 1 N–H and O–H groups in total. The third-order valence-corrected chi connectivity index (χ3v) is 4.31. The third kappa shape index (κ3) is 4.32. The van der Waals surface area contributed by atoms with E-state index in [4.69, 9.17) is 4.74 Å². The van der Waals surface area contributed by atoms with Gasteiger partial charge in [0.1, 0.15) is 5.75 Å². The Morgan fingerprint density at radius 3 is 2.48 bits per heavy atom. The van der Waals surface area contributed by atoms with Crippen LogP contribution in [0, 0.1) is 6.92 Å². The molecule has 0 aliphatic heterocycles. The SMILES string of the molecule is CCNC(Cc1ccc(C)cc1)c1cc(OC)ccc1Br. The van der Waals surface area contributed by atoms with E-state index in [1.54, 1.807) is 7.11 Å². The fraction of sp³-hybridized carbons (Fsp3) is 0.333. The second kappa shape index (κ2) is 7.62. The van der Waals surface area contributed by atoms with Crippen molar-refractivity contribution in [2.45, 2.75) is 26.3 Å². The molecule has 0 heterocycles. The van der Waals surface area contributed by atoms with Crippen LogP contribution in [0.5, 0.6) is 5.75 Å². The average Bonchev–Trinajstić information content (AvgIpc) is 2.49.